The zero-order valence-corrected chi connectivity index (χ0v) is 12.2. The van der Waals surface area contributed by atoms with Crippen LogP contribution in [0.15, 0.2) is 54.9 Å². The van der Waals surface area contributed by atoms with E-state index in [9.17, 15) is 0 Å². The van der Waals surface area contributed by atoms with Crippen molar-refractivity contribution in [3.05, 3.63) is 54.9 Å². The van der Waals surface area contributed by atoms with Crippen molar-refractivity contribution in [1.82, 2.24) is 15.0 Å². The molecule has 0 spiro atoms. The van der Waals surface area contributed by atoms with Crippen LogP contribution in [0.3, 0.4) is 0 Å². The first-order valence-electron chi connectivity index (χ1n) is 7.05. The van der Waals surface area contributed by atoms with E-state index in [-0.39, 0.29) is 0 Å². The summed E-state index contributed by atoms with van der Waals surface area (Å²) in [4.78, 5) is 12.9. The molecule has 0 atom stereocenters. The summed E-state index contributed by atoms with van der Waals surface area (Å²) in [7, 11) is 0. The van der Waals surface area contributed by atoms with Gasteiger partial charge in [-0.2, -0.15) is 0 Å². The Balaban J connectivity index is 2.07. The number of nitrogens with two attached hydrogens (primary N) is 1. The summed E-state index contributed by atoms with van der Waals surface area (Å²) in [6, 6.07) is 13.3. The van der Waals surface area contributed by atoms with Crippen LogP contribution in [0.4, 0.5) is 5.82 Å². The zero-order valence-electron chi connectivity index (χ0n) is 12.2. The van der Waals surface area contributed by atoms with Gasteiger partial charge in [-0.25, -0.2) is 9.97 Å². The van der Waals surface area contributed by atoms with E-state index >= 15 is 0 Å². The number of aromatic nitrogens is 3. The van der Waals surface area contributed by atoms with Crippen LogP contribution in [0, 0.1) is 0 Å². The molecule has 0 radical (unpaired) electrons. The second kappa shape index (κ2) is 6.22. The molecule has 0 aliphatic carbocycles. The largest absolute Gasteiger partial charge is 0.493 e. The van der Waals surface area contributed by atoms with Gasteiger partial charge in [-0.1, -0.05) is 12.1 Å². The van der Waals surface area contributed by atoms with Crippen molar-refractivity contribution in [2.45, 2.75) is 6.92 Å². The van der Waals surface area contributed by atoms with Crippen molar-refractivity contribution in [2.24, 2.45) is 0 Å². The monoisotopic (exact) mass is 292 g/mol. The number of hydrogen-bond acceptors (Lipinski definition) is 5. The van der Waals surface area contributed by atoms with E-state index in [1.54, 1.807) is 18.5 Å². The van der Waals surface area contributed by atoms with Crippen LogP contribution in [0.5, 0.6) is 5.75 Å². The topological polar surface area (TPSA) is 73.9 Å². The molecule has 2 heterocycles. The van der Waals surface area contributed by atoms with Crippen molar-refractivity contribution >= 4 is 5.82 Å². The average molecular weight is 292 g/mol. The van der Waals surface area contributed by atoms with Crippen molar-refractivity contribution in [2.75, 3.05) is 12.3 Å². The number of ether oxygens (including phenoxy) is 1. The van der Waals surface area contributed by atoms with Gasteiger partial charge in [0, 0.05) is 23.5 Å². The molecule has 0 unspecified atom stereocenters. The summed E-state index contributed by atoms with van der Waals surface area (Å²) in [5.74, 6) is 1.77. The van der Waals surface area contributed by atoms with Gasteiger partial charge in [0.25, 0.3) is 0 Å². The molecule has 0 bridgehead atoms. The molecule has 0 aliphatic rings. The summed E-state index contributed by atoms with van der Waals surface area (Å²) < 4.78 is 5.76. The van der Waals surface area contributed by atoms with Gasteiger partial charge in [0.15, 0.2) is 5.82 Å². The maximum atomic E-state index is 5.76. The Morgan fingerprint density at radius 1 is 1.05 bits per heavy atom. The number of rotatable bonds is 4. The Morgan fingerprint density at radius 2 is 1.95 bits per heavy atom. The van der Waals surface area contributed by atoms with Gasteiger partial charge < -0.3 is 10.5 Å². The fourth-order valence-electron chi connectivity index (χ4n) is 2.18. The normalized spacial score (nSPS) is 10.4. The van der Waals surface area contributed by atoms with Crippen LogP contribution in [0.25, 0.3) is 22.6 Å². The SMILES string of the molecule is CCOc1cc(-c2nccc(N)n2)ccc1-c1ccccn1. The van der Waals surface area contributed by atoms with Gasteiger partial charge in [0.05, 0.1) is 12.3 Å². The van der Waals surface area contributed by atoms with E-state index in [0.717, 1.165) is 22.6 Å². The Morgan fingerprint density at radius 3 is 2.68 bits per heavy atom. The summed E-state index contributed by atoms with van der Waals surface area (Å²) in [6.45, 7) is 2.52. The number of hydrogen-bond donors (Lipinski definition) is 1. The second-order valence-corrected chi connectivity index (χ2v) is 4.66. The quantitative estimate of drug-likeness (QED) is 0.799. The molecule has 2 N–H and O–H groups in total. The van der Waals surface area contributed by atoms with Gasteiger partial charge in [-0.3, -0.25) is 4.98 Å². The minimum atomic E-state index is 0.441. The molecular formula is C17H16N4O. The van der Waals surface area contributed by atoms with E-state index in [2.05, 4.69) is 15.0 Å². The molecule has 0 aliphatic heterocycles. The Labute approximate surface area is 128 Å². The van der Waals surface area contributed by atoms with E-state index in [0.29, 0.717) is 18.2 Å². The first-order valence-corrected chi connectivity index (χ1v) is 7.05. The lowest BCUT2D eigenvalue weighted by Gasteiger charge is -2.11. The predicted molar refractivity (Wildman–Crippen MR) is 86.3 cm³/mol. The predicted octanol–water partition coefficient (Wildman–Crippen LogP) is 3.19. The van der Waals surface area contributed by atoms with Crippen LogP contribution < -0.4 is 10.5 Å². The lowest BCUT2D eigenvalue weighted by atomic mass is 10.1. The molecular weight excluding hydrogens is 276 g/mol. The van der Waals surface area contributed by atoms with Crippen molar-refractivity contribution in [3.63, 3.8) is 0 Å². The first-order chi connectivity index (χ1) is 10.8. The van der Waals surface area contributed by atoms with Gasteiger partial charge in [-0.15, -0.1) is 0 Å². The third-order valence-corrected chi connectivity index (χ3v) is 3.16. The van der Waals surface area contributed by atoms with Crippen LogP contribution in [0.2, 0.25) is 0 Å². The summed E-state index contributed by atoms with van der Waals surface area (Å²) in [5, 5.41) is 0. The van der Waals surface area contributed by atoms with E-state index in [1.165, 1.54) is 0 Å². The van der Waals surface area contributed by atoms with Crippen molar-refractivity contribution in [1.29, 1.82) is 0 Å². The van der Waals surface area contributed by atoms with Crippen LogP contribution >= 0.6 is 0 Å². The zero-order chi connectivity index (χ0) is 15.4. The minimum Gasteiger partial charge on any atom is -0.493 e. The molecule has 3 aromatic rings. The first kappa shape index (κ1) is 14.0. The minimum absolute atomic E-state index is 0.441. The van der Waals surface area contributed by atoms with E-state index < -0.39 is 0 Å². The fourth-order valence-corrected chi connectivity index (χ4v) is 2.18. The third-order valence-electron chi connectivity index (χ3n) is 3.16. The lowest BCUT2D eigenvalue weighted by molar-refractivity contribution is 0.341. The lowest BCUT2D eigenvalue weighted by Crippen LogP contribution is -1.98. The number of anilines is 1. The molecule has 0 saturated carbocycles. The maximum Gasteiger partial charge on any atom is 0.161 e. The smallest absolute Gasteiger partial charge is 0.161 e. The molecule has 22 heavy (non-hydrogen) atoms. The maximum absolute atomic E-state index is 5.76. The number of benzene rings is 1. The number of nitrogens with zero attached hydrogens (tertiary/aromatic N) is 3. The van der Waals surface area contributed by atoms with Gasteiger partial charge in [0.1, 0.15) is 11.6 Å². The molecule has 110 valence electrons. The van der Waals surface area contributed by atoms with Gasteiger partial charge in [-0.05, 0) is 37.3 Å². The standard InChI is InChI=1S/C17H16N4O/c1-2-22-15-11-12(17-20-10-8-16(18)21-17)6-7-13(15)14-5-3-4-9-19-14/h3-11H,2H2,1H3,(H2,18,20,21). The van der Waals surface area contributed by atoms with Crippen molar-refractivity contribution < 1.29 is 4.74 Å². The molecule has 0 fully saturated rings. The molecule has 0 amide bonds. The van der Waals surface area contributed by atoms with Gasteiger partial charge in [0.2, 0.25) is 0 Å². The van der Waals surface area contributed by atoms with Gasteiger partial charge >= 0.3 is 0 Å². The Bertz CT molecular complexity index is 775. The molecule has 1 aromatic carbocycles. The number of pyridine rings is 1. The van der Waals surface area contributed by atoms with Crippen molar-refractivity contribution in [3.8, 4) is 28.4 Å². The number of nitrogen functional groups attached to an aromatic ring is 1. The second-order valence-electron chi connectivity index (χ2n) is 4.66. The highest BCUT2D eigenvalue weighted by atomic mass is 16.5. The summed E-state index contributed by atoms with van der Waals surface area (Å²) >= 11 is 0. The molecule has 2 aromatic heterocycles. The highest BCUT2D eigenvalue weighted by Gasteiger charge is 2.11. The van der Waals surface area contributed by atoms with Crippen LogP contribution in [0.1, 0.15) is 6.92 Å². The third kappa shape index (κ3) is 2.88. The van der Waals surface area contributed by atoms with E-state index in [1.807, 2.05) is 43.3 Å². The summed E-state index contributed by atoms with van der Waals surface area (Å²) in [6.07, 6.45) is 3.41. The fraction of sp³-hybridized carbons (Fsp3) is 0.118. The molecule has 5 nitrogen and oxygen atoms in total. The Kier molecular flexibility index (Phi) is 3.96. The highest BCUT2D eigenvalue weighted by Crippen LogP contribution is 2.32. The summed E-state index contributed by atoms with van der Waals surface area (Å²) in [5.41, 5.74) is 8.38. The molecule has 5 heteroatoms. The van der Waals surface area contributed by atoms with E-state index in [4.69, 9.17) is 10.5 Å². The highest BCUT2D eigenvalue weighted by molar-refractivity contribution is 5.72. The molecule has 0 saturated heterocycles. The molecule has 3 rings (SSSR count). The van der Waals surface area contributed by atoms with Crippen LogP contribution in [-0.2, 0) is 0 Å². The Hall–Kier alpha value is -2.95. The van der Waals surface area contributed by atoms with Crippen LogP contribution in [-0.4, -0.2) is 21.6 Å². The average Bonchev–Trinajstić information content (AvgIpc) is 2.56.